The van der Waals surface area contributed by atoms with E-state index in [1.54, 1.807) is 17.0 Å². The fourth-order valence-electron chi connectivity index (χ4n) is 1.87. The van der Waals surface area contributed by atoms with Crippen LogP contribution in [-0.4, -0.2) is 40.1 Å². The van der Waals surface area contributed by atoms with Crippen LogP contribution in [0.5, 0.6) is 5.88 Å². The highest BCUT2D eigenvalue weighted by Gasteiger charge is 2.34. The number of nitrogens with zero attached hydrogens (tertiary/aromatic N) is 4. The third kappa shape index (κ3) is 2.31. The van der Waals surface area contributed by atoms with E-state index < -0.39 is 0 Å². The van der Waals surface area contributed by atoms with Crippen LogP contribution in [-0.2, 0) is 0 Å². The summed E-state index contributed by atoms with van der Waals surface area (Å²) >= 11 is 0. The summed E-state index contributed by atoms with van der Waals surface area (Å²) in [5.41, 5.74) is 0.490. The van der Waals surface area contributed by atoms with Crippen molar-refractivity contribution in [3.8, 4) is 11.9 Å². The molecule has 0 aliphatic carbocycles. The first kappa shape index (κ1) is 12.2. The van der Waals surface area contributed by atoms with E-state index in [0.717, 1.165) is 0 Å². The predicted octanol–water partition coefficient (Wildman–Crippen LogP) is 0.845. The SMILES string of the molecule is N#Cc1ccnc(OC2CN(C(=O)c3ccno3)C2)c1. The molecule has 0 unspecified atom stereocenters. The molecule has 1 amide bonds. The molecule has 0 N–H and O–H groups in total. The Balaban J connectivity index is 1.56. The molecule has 0 bridgehead atoms. The number of pyridine rings is 1. The lowest BCUT2D eigenvalue weighted by Crippen LogP contribution is -2.56. The standard InChI is InChI=1S/C13H10N4O3/c14-6-9-1-3-15-12(5-9)19-10-7-17(8-10)13(18)11-2-4-16-20-11/h1-5,10H,7-8H2. The monoisotopic (exact) mass is 270 g/mol. The van der Waals surface area contributed by atoms with E-state index in [-0.39, 0.29) is 17.8 Å². The number of hydrogen-bond acceptors (Lipinski definition) is 6. The smallest absolute Gasteiger partial charge is 0.292 e. The maximum atomic E-state index is 11.9. The second kappa shape index (κ2) is 5.01. The molecule has 1 aliphatic rings. The number of rotatable bonds is 3. The van der Waals surface area contributed by atoms with Gasteiger partial charge in [0.15, 0.2) is 0 Å². The van der Waals surface area contributed by atoms with Crippen LogP contribution < -0.4 is 4.74 Å². The van der Waals surface area contributed by atoms with Crippen LogP contribution in [0.2, 0.25) is 0 Å². The quantitative estimate of drug-likeness (QED) is 0.820. The molecule has 7 nitrogen and oxygen atoms in total. The van der Waals surface area contributed by atoms with Crippen LogP contribution in [0.25, 0.3) is 0 Å². The minimum absolute atomic E-state index is 0.122. The zero-order valence-electron chi connectivity index (χ0n) is 10.4. The lowest BCUT2D eigenvalue weighted by molar-refractivity contribution is 0.0132. The predicted molar refractivity (Wildman–Crippen MR) is 65.8 cm³/mol. The Bertz CT molecular complexity index is 657. The maximum Gasteiger partial charge on any atom is 0.292 e. The lowest BCUT2D eigenvalue weighted by Gasteiger charge is -2.37. The Morgan fingerprint density at radius 2 is 2.30 bits per heavy atom. The fraction of sp³-hybridized carbons (Fsp3) is 0.231. The van der Waals surface area contributed by atoms with Crippen molar-refractivity contribution in [3.63, 3.8) is 0 Å². The first-order chi connectivity index (χ1) is 9.76. The molecule has 3 heterocycles. The van der Waals surface area contributed by atoms with E-state index in [2.05, 4.69) is 10.1 Å². The number of carbonyl (C=O) groups excluding carboxylic acids is 1. The van der Waals surface area contributed by atoms with Crippen LogP contribution in [0, 0.1) is 11.3 Å². The number of carbonyl (C=O) groups is 1. The topological polar surface area (TPSA) is 92.2 Å². The molecule has 100 valence electrons. The molecule has 2 aromatic heterocycles. The van der Waals surface area contributed by atoms with Crippen molar-refractivity contribution in [3.05, 3.63) is 41.9 Å². The molecule has 3 rings (SSSR count). The first-order valence-corrected chi connectivity index (χ1v) is 5.99. The molecular weight excluding hydrogens is 260 g/mol. The van der Waals surface area contributed by atoms with Gasteiger partial charge in [-0.1, -0.05) is 5.16 Å². The van der Waals surface area contributed by atoms with Crippen LogP contribution in [0.1, 0.15) is 16.1 Å². The molecule has 0 atom stereocenters. The summed E-state index contributed by atoms with van der Waals surface area (Å²) in [4.78, 5) is 17.5. The molecule has 20 heavy (non-hydrogen) atoms. The van der Waals surface area contributed by atoms with Crippen molar-refractivity contribution in [2.45, 2.75) is 6.10 Å². The average Bonchev–Trinajstić information content (AvgIpc) is 2.96. The molecule has 0 aromatic carbocycles. The number of nitriles is 1. The van der Waals surface area contributed by atoms with Gasteiger partial charge in [-0.15, -0.1) is 0 Å². The van der Waals surface area contributed by atoms with E-state index in [0.29, 0.717) is 24.5 Å². The van der Waals surface area contributed by atoms with Crippen molar-refractivity contribution >= 4 is 5.91 Å². The minimum atomic E-state index is -0.207. The molecule has 0 radical (unpaired) electrons. The summed E-state index contributed by atoms with van der Waals surface area (Å²) < 4.78 is 10.4. The maximum absolute atomic E-state index is 11.9. The van der Waals surface area contributed by atoms with Crippen LogP contribution in [0.3, 0.4) is 0 Å². The molecule has 1 saturated heterocycles. The molecule has 0 spiro atoms. The van der Waals surface area contributed by atoms with Gasteiger partial charge in [0.2, 0.25) is 11.6 Å². The van der Waals surface area contributed by atoms with Crippen LogP contribution in [0.4, 0.5) is 0 Å². The Hall–Kier alpha value is -2.88. The van der Waals surface area contributed by atoms with Gasteiger partial charge < -0.3 is 14.2 Å². The summed E-state index contributed by atoms with van der Waals surface area (Å²) in [6.07, 6.45) is 2.82. The number of ether oxygens (including phenoxy) is 1. The van der Waals surface area contributed by atoms with E-state index in [4.69, 9.17) is 14.5 Å². The van der Waals surface area contributed by atoms with Gasteiger partial charge in [0.05, 0.1) is 30.9 Å². The summed E-state index contributed by atoms with van der Waals surface area (Å²) in [6, 6.07) is 6.72. The van der Waals surface area contributed by atoms with Gasteiger partial charge in [0.25, 0.3) is 5.91 Å². The molecule has 1 aliphatic heterocycles. The third-order valence-electron chi connectivity index (χ3n) is 2.94. The van der Waals surface area contributed by atoms with E-state index >= 15 is 0 Å². The van der Waals surface area contributed by atoms with Gasteiger partial charge in [-0.05, 0) is 6.07 Å². The van der Waals surface area contributed by atoms with Gasteiger partial charge in [0, 0.05) is 18.3 Å². The van der Waals surface area contributed by atoms with Crippen molar-refractivity contribution in [1.82, 2.24) is 15.0 Å². The van der Waals surface area contributed by atoms with Gasteiger partial charge in [0.1, 0.15) is 6.10 Å². The number of amides is 1. The molecule has 0 saturated carbocycles. The molecule has 1 fully saturated rings. The summed E-state index contributed by atoms with van der Waals surface area (Å²) in [6.45, 7) is 0.913. The molecule has 2 aromatic rings. The van der Waals surface area contributed by atoms with E-state index in [1.165, 1.54) is 18.5 Å². The zero-order valence-corrected chi connectivity index (χ0v) is 10.4. The second-order valence-corrected chi connectivity index (χ2v) is 4.32. The normalized spacial score (nSPS) is 14.4. The minimum Gasteiger partial charge on any atom is -0.471 e. The fourth-order valence-corrected chi connectivity index (χ4v) is 1.87. The Labute approximate surface area is 114 Å². The molecular formula is C13H10N4O3. The summed E-state index contributed by atoms with van der Waals surface area (Å²) in [7, 11) is 0. The lowest BCUT2D eigenvalue weighted by atomic mass is 10.1. The van der Waals surface area contributed by atoms with Crippen LogP contribution in [0.15, 0.2) is 35.1 Å². The Morgan fingerprint density at radius 3 is 3.00 bits per heavy atom. The van der Waals surface area contributed by atoms with Crippen molar-refractivity contribution in [2.75, 3.05) is 13.1 Å². The largest absolute Gasteiger partial charge is 0.471 e. The van der Waals surface area contributed by atoms with E-state index in [1.807, 2.05) is 6.07 Å². The summed E-state index contributed by atoms with van der Waals surface area (Å²) in [5, 5.41) is 12.3. The first-order valence-electron chi connectivity index (χ1n) is 5.99. The third-order valence-corrected chi connectivity index (χ3v) is 2.94. The van der Waals surface area contributed by atoms with Crippen molar-refractivity contribution in [1.29, 1.82) is 5.26 Å². The van der Waals surface area contributed by atoms with Crippen molar-refractivity contribution < 1.29 is 14.1 Å². The van der Waals surface area contributed by atoms with Crippen LogP contribution >= 0.6 is 0 Å². The highest BCUT2D eigenvalue weighted by molar-refractivity contribution is 5.91. The molecule has 7 heteroatoms. The van der Waals surface area contributed by atoms with Gasteiger partial charge in [-0.2, -0.15) is 5.26 Å². The number of hydrogen-bond donors (Lipinski definition) is 0. The highest BCUT2D eigenvalue weighted by atomic mass is 16.5. The average molecular weight is 270 g/mol. The van der Waals surface area contributed by atoms with Gasteiger partial charge in [-0.25, -0.2) is 4.98 Å². The Morgan fingerprint density at radius 1 is 1.45 bits per heavy atom. The second-order valence-electron chi connectivity index (χ2n) is 4.32. The highest BCUT2D eigenvalue weighted by Crippen LogP contribution is 2.18. The Kier molecular flexibility index (Phi) is 3.05. The van der Waals surface area contributed by atoms with Gasteiger partial charge in [-0.3, -0.25) is 4.79 Å². The summed E-state index contributed by atoms with van der Waals surface area (Å²) in [5.74, 6) is 0.398. The number of aromatic nitrogens is 2. The zero-order chi connectivity index (χ0) is 13.9. The van der Waals surface area contributed by atoms with E-state index in [9.17, 15) is 4.79 Å². The van der Waals surface area contributed by atoms with Gasteiger partial charge >= 0.3 is 0 Å². The van der Waals surface area contributed by atoms with Crippen molar-refractivity contribution in [2.24, 2.45) is 0 Å². The number of likely N-dealkylation sites (tertiary alicyclic amines) is 1.